The molecule has 1 heterocycles. The number of hydrogen-bond donors (Lipinski definition) is 1. The van der Waals surface area contributed by atoms with E-state index in [0.717, 1.165) is 46.1 Å². The number of carbonyl (C=O) groups excluding carboxylic acids is 1. The minimum Gasteiger partial charge on any atom is -0.322 e. The summed E-state index contributed by atoms with van der Waals surface area (Å²) in [4.78, 5) is 17.1. The van der Waals surface area contributed by atoms with Gasteiger partial charge in [0.1, 0.15) is 5.01 Å². The minimum absolute atomic E-state index is 0.136. The van der Waals surface area contributed by atoms with Gasteiger partial charge < -0.3 is 5.32 Å². The van der Waals surface area contributed by atoms with Gasteiger partial charge >= 0.3 is 6.18 Å². The molecular formula is C23H14ClF3N2OS. The molecule has 4 rings (SSSR count). The highest BCUT2D eigenvalue weighted by Crippen LogP contribution is 2.31. The van der Waals surface area contributed by atoms with Gasteiger partial charge in [0.2, 0.25) is 0 Å². The van der Waals surface area contributed by atoms with Crippen LogP contribution in [0.25, 0.3) is 21.8 Å². The Balaban J connectivity index is 1.51. The lowest BCUT2D eigenvalue weighted by molar-refractivity contribution is -0.137. The fraction of sp³-hybridized carbons (Fsp3) is 0.0435. The van der Waals surface area contributed by atoms with Crippen LogP contribution in [0.3, 0.4) is 0 Å². The first-order valence-corrected chi connectivity index (χ1v) is 10.4. The van der Waals surface area contributed by atoms with Crippen LogP contribution >= 0.6 is 22.9 Å². The molecule has 0 radical (unpaired) electrons. The van der Waals surface area contributed by atoms with Crippen molar-refractivity contribution in [3.8, 4) is 21.8 Å². The molecular weight excluding hydrogens is 445 g/mol. The molecule has 0 fully saturated rings. The van der Waals surface area contributed by atoms with Crippen molar-refractivity contribution >= 4 is 34.5 Å². The number of benzene rings is 3. The second-order valence-electron chi connectivity index (χ2n) is 6.65. The molecule has 0 bridgehead atoms. The van der Waals surface area contributed by atoms with E-state index in [1.54, 1.807) is 30.3 Å². The standard InChI is InChI=1S/C23H14ClF3N2OS/c24-18-10-6-15(7-11-18)22-29-20(13-31-22)16-2-1-3-19(12-16)28-21(30)14-4-8-17(9-5-14)23(25,26)27/h1-13H,(H,28,30). The van der Waals surface area contributed by atoms with E-state index >= 15 is 0 Å². The normalized spacial score (nSPS) is 11.4. The topological polar surface area (TPSA) is 42.0 Å². The van der Waals surface area contributed by atoms with Crippen LogP contribution in [0.5, 0.6) is 0 Å². The van der Waals surface area contributed by atoms with Gasteiger partial charge in [-0.15, -0.1) is 11.3 Å². The molecule has 0 aliphatic carbocycles. The van der Waals surface area contributed by atoms with Crippen molar-refractivity contribution in [1.29, 1.82) is 0 Å². The monoisotopic (exact) mass is 458 g/mol. The lowest BCUT2D eigenvalue weighted by Gasteiger charge is -2.09. The van der Waals surface area contributed by atoms with Crippen LogP contribution in [0, 0.1) is 0 Å². The van der Waals surface area contributed by atoms with Crippen LogP contribution in [-0.4, -0.2) is 10.9 Å². The Kier molecular flexibility index (Phi) is 5.80. The second kappa shape index (κ2) is 8.53. The Hall–Kier alpha value is -3.16. The van der Waals surface area contributed by atoms with Gasteiger partial charge in [0.05, 0.1) is 11.3 Å². The van der Waals surface area contributed by atoms with Crippen molar-refractivity contribution in [3.63, 3.8) is 0 Å². The maximum Gasteiger partial charge on any atom is 0.416 e. The Morgan fingerprint density at radius 1 is 0.935 bits per heavy atom. The van der Waals surface area contributed by atoms with Gasteiger partial charge in [-0.2, -0.15) is 13.2 Å². The van der Waals surface area contributed by atoms with E-state index in [2.05, 4.69) is 10.3 Å². The molecule has 0 saturated heterocycles. The summed E-state index contributed by atoms with van der Waals surface area (Å²) in [5, 5.41) is 6.12. The summed E-state index contributed by atoms with van der Waals surface area (Å²) < 4.78 is 38.1. The predicted molar refractivity (Wildman–Crippen MR) is 117 cm³/mol. The van der Waals surface area contributed by atoms with Crippen molar-refractivity contribution in [2.24, 2.45) is 0 Å². The maximum atomic E-state index is 12.7. The van der Waals surface area contributed by atoms with E-state index in [-0.39, 0.29) is 5.56 Å². The largest absolute Gasteiger partial charge is 0.416 e. The summed E-state index contributed by atoms with van der Waals surface area (Å²) >= 11 is 7.42. The van der Waals surface area contributed by atoms with Gasteiger partial charge in [0, 0.05) is 32.8 Å². The average molecular weight is 459 g/mol. The average Bonchev–Trinajstić information content (AvgIpc) is 3.24. The molecule has 0 saturated carbocycles. The highest BCUT2D eigenvalue weighted by atomic mass is 35.5. The molecule has 3 nitrogen and oxygen atoms in total. The number of alkyl halides is 3. The number of hydrogen-bond acceptors (Lipinski definition) is 3. The minimum atomic E-state index is -4.44. The first-order valence-electron chi connectivity index (χ1n) is 9.10. The Labute approximate surface area is 185 Å². The molecule has 8 heteroatoms. The van der Waals surface area contributed by atoms with Gasteiger partial charge in [-0.1, -0.05) is 35.9 Å². The van der Waals surface area contributed by atoms with E-state index in [0.29, 0.717) is 10.7 Å². The number of halogens is 4. The lowest BCUT2D eigenvalue weighted by Crippen LogP contribution is -2.12. The third-order valence-electron chi connectivity index (χ3n) is 4.49. The Morgan fingerprint density at radius 2 is 1.65 bits per heavy atom. The first kappa shape index (κ1) is 21.1. The number of amides is 1. The van der Waals surface area contributed by atoms with Crippen molar-refractivity contribution in [2.45, 2.75) is 6.18 Å². The number of nitrogens with one attached hydrogen (secondary N) is 1. The van der Waals surface area contributed by atoms with Crippen LogP contribution in [0.2, 0.25) is 5.02 Å². The third-order valence-corrected chi connectivity index (χ3v) is 5.63. The smallest absolute Gasteiger partial charge is 0.322 e. The molecule has 3 aromatic carbocycles. The fourth-order valence-electron chi connectivity index (χ4n) is 2.90. The maximum absolute atomic E-state index is 12.7. The van der Waals surface area contributed by atoms with Crippen molar-refractivity contribution < 1.29 is 18.0 Å². The summed E-state index contributed by atoms with van der Waals surface area (Å²) in [7, 11) is 0. The summed E-state index contributed by atoms with van der Waals surface area (Å²) in [6.45, 7) is 0. The molecule has 0 unspecified atom stereocenters. The van der Waals surface area contributed by atoms with Crippen LogP contribution in [-0.2, 0) is 6.18 Å². The zero-order valence-corrected chi connectivity index (χ0v) is 17.4. The van der Waals surface area contributed by atoms with Crippen molar-refractivity contribution in [1.82, 2.24) is 4.98 Å². The molecule has 1 N–H and O–H groups in total. The van der Waals surface area contributed by atoms with Crippen LogP contribution in [0.1, 0.15) is 15.9 Å². The zero-order valence-electron chi connectivity index (χ0n) is 15.8. The first-order chi connectivity index (χ1) is 14.8. The predicted octanol–water partition coefficient (Wildman–Crippen LogP) is 7.40. The summed E-state index contributed by atoms with van der Waals surface area (Å²) in [5.74, 6) is -0.494. The molecule has 0 aliphatic heterocycles. The van der Waals surface area contributed by atoms with Crippen LogP contribution < -0.4 is 5.32 Å². The van der Waals surface area contributed by atoms with E-state index in [4.69, 9.17) is 11.6 Å². The van der Waals surface area contributed by atoms with E-state index in [9.17, 15) is 18.0 Å². The van der Waals surface area contributed by atoms with Crippen LogP contribution in [0.15, 0.2) is 78.2 Å². The van der Waals surface area contributed by atoms with Crippen molar-refractivity contribution in [2.75, 3.05) is 5.32 Å². The molecule has 4 aromatic rings. The van der Waals surface area contributed by atoms with Gasteiger partial charge in [-0.05, 0) is 48.5 Å². The highest BCUT2D eigenvalue weighted by Gasteiger charge is 2.30. The SMILES string of the molecule is O=C(Nc1cccc(-c2csc(-c3ccc(Cl)cc3)n2)c1)c1ccc(C(F)(F)F)cc1. The second-order valence-corrected chi connectivity index (χ2v) is 7.95. The number of aromatic nitrogens is 1. The van der Waals surface area contributed by atoms with Crippen LogP contribution in [0.4, 0.5) is 18.9 Å². The van der Waals surface area contributed by atoms with E-state index < -0.39 is 17.6 Å². The quantitative estimate of drug-likeness (QED) is 0.346. The third kappa shape index (κ3) is 4.95. The molecule has 1 aromatic heterocycles. The molecule has 0 aliphatic rings. The number of thiazole rings is 1. The summed E-state index contributed by atoms with van der Waals surface area (Å²) in [5.41, 5.74) is 2.36. The Bertz CT molecular complexity index is 1220. The molecule has 31 heavy (non-hydrogen) atoms. The molecule has 0 spiro atoms. The number of anilines is 1. The molecule has 0 atom stereocenters. The lowest BCUT2D eigenvalue weighted by atomic mass is 10.1. The van der Waals surface area contributed by atoms with Gasteiger partial charge in [0.15, 0.2) is 0 Å². The summed E-state index contributed by atoms with van der Waals surface area (Å²) in [6, 6.07) is 18.6. The number of carbonyl (C=O) groups is 1. The van der Waals surface area contributed by atoms with E-state index in [1.807, 2.05) is 23.6 Å². The number of rotatable bonds is 4. The summed E-state index contributed by atoms with van der Waals surface area (Å²) in [6.07, 6.45) is -4.44. The fourth-order valence-corrected chi connectivity index (χ4v) is 3.86. The zero-order chi connectivity index (χ0) is 22.0. The number of nitrogens with zero attached hydrogens (tertiary/aromatic N) is 1. The Morgan fingerprint density at radius 3 is 2.32 bits per heavy atom. The van der Waals surface area contributed by atoms with Crippen molar-refractivity contribution in [3.05, 3.63) is 94.3 Å². The highest BCUT2D eigenvalue weighted by molar-refractivity contribution is 7.13. The van der Waals surface area contributed by atoms with Gasteiger partial charge in [0.25, 0.3) is 5.91 Å². The van der Waals surface area contributed by atoms with Gasteiger partial charge in [-0.3, -0.25) is 4.79 Å². The van der Waals surface area contributed by atoms with Gasteiger partial charge in [-0.25, -0.2) is 4.98 Å². The molecule has 1 amide bonds. The molecule has 156 valence electrons. The van der Waals surface area contributed by atoms with E-state index in [1.165, 1.54) is 11.3 Å².